The van der Waals surface area contributed by atoms with Crippen molar-refractivity contribution < 1.29 is 17.9 Å². The highest BCUT2D eigenvalue weighted by molar-refractivity contribution is 7.92. The van der Waals surface area contributed by atoms with Crippen LogP contribution in [0.5, 0.6) is 0 Å². The molecular weight excluding hydrogens is 593 g/mol. The van der Waals surface area contributed by atoms with Crippen LogP contribution in [0.1, 0.15) is 79.0 Å². The number of aromatic nitrogens is 2. The Morgan fingerprint density at radius 3 is 2.02 bits per heavy atom. The van der Waals surface area contributed by atoms with Crippen molar-refractivity contribution in [3.63, 3.8) is 0 Å². The molecule has 7 heteroatoms. The Kier molecular flexibility index (Phi) is 7.63. The van der Waals surface area contributed by atoms with Crippen LogP contribution in [0.2, 0.25) is 0 Å². The van der Waals surface area contributed by atoms with Gasteiger partial charge in [0.25, 0.3) is 0 Å². The molecule has 234 valence electrons. The van der Waals surface area contributed by atoms with Gasteiger partial charge in [0.1, 0.15) is 12.2 Å². The molecule has 1 saturated heterocycles. The van der Waals surface area contributed by atoms with Gasteiger partial charge in [0.05, 0.1) is 21.5 Å². The average Bonchev–Trinajstić information content (AvgIpc) is 3.57. The SMILES string of the molecule is O=S(=O)(c1ccc(C(C[C@H]2CCC3(C2)O[C@H](c2ccccc2)[C@@H](c2ccccc2)O3)c2ccc(-c3ccccn3)[nH]2)cc1)C1CC1. The third kappa shape index (κ3) is 5.72. The van der Waals surface area contributed by atoms with Crippen LogP contribution in [0.25, 0.3) is 11.4 Å². The molecule has 6 nitrogen and oxygen atoms in total. The Hall–Kier alpha value is -4.04. The Labute approximate surface area is 270 Å². The van der Waals surface area contributed by atoms with Crippen molar-refractivity contribution in [2.45, 2.75) is 72.6 Å². The van der Waals surface area contributed by atoms with Gasteiger partial charge in [-0.1, -0.05) is 78.9 Å². The maximum Gasteiger partial charge on any atom is 0.181 e. The molecule has 1 aliphatic heterocycles. The maximum absolute atomic E-state index is 12.9. The van der Waals surface area contributed by atoms with Gasteiger partial charge in [-0.05, 0) is 84.7 Å². The van der Waals surface area contributed by atoms with E-state index in [1.807, 2.05) is 42.5 Å². The van der Waals surface area contributed by atoms with E-state index in [9.17, 15) is 8.42 Å². The van der Waals surface area contributed by atoms with Crippen molar-refractivity contribution in [1.82, 2.24) is 9.97 Å². The lowest BCUT2D eigenvalue weighted by Crippen LogP contribution is -2.26. The molecule has 46 heavy (non-hydrogen) atoms. The number of ether oxygens (including phenoxy) is 2. The van der Waals surface area contributed by atoms with E-state index in [1.54, 1.807) is 18.3 Å². The van der Waals surface area contributed by atoms with E-state index < -0.39 is 15.6 Å². The summed E-state index contributed by atoms with van der Waals surface area (Å²) in [5.74, 6) is -0.244. The lowest BCUT2D eigenvalue weighted by Gasteiger charge is -2.25. The van der Waals surface area contributed by atoms with Crippen molar-refractivity contribution in [3.8, 4) is 11.4 Å². The van der Waals surface area contributed by atoms with Gasteiger partial charge in [0.2, 0.25) is 0 Å². The number of H-pyrrole nitrogens is 1. The van der Waals surface area contributed by atoms with E-state index in [1.165, 1.54) is 0 Å². The van der Waals surface area contributed by atoms with Crippen molar-refractivity contribution in [1.29, 1.82) is 0 Å². The molecule has 3 aromatic carbocycles. The highest BCUT2D eigenvalue weighted by atomic mass is 32.2. The van der Waals surface area contributed by atoms with E-state index in [0.29, 0.717) is 10.8 Å². The second kappa shape index (κ2) is 12.0. The van der Waals surface area contributed by atoms with Crippen LogP contribution in [-0.2, 0) is 19.3 Å². The first kappa shape index (κ1) is 29.4. The average molecular weight is 631 g/mol. The van der Waals surface area contributed by atoms with Crippen molar-refractivity contribution in [2.75, 3.05) is 0 Å². The first-order valence-corrected chi connectivity index (χ1v) is 17.9. The number of rotatable bonds is 9. The van der Waals surface area contributed by atoms with Crippen LogP contribution in [0.3, 0.4) is 0 Å². The van der Waals surface area contributed by atoms with Gasteiger partial charge >= 0.3 is 0 Å². The Morgan fingerprint density at radius 2 is 1.41 bits per heavy atom. The normalized spacial score (nSPS) is 23.1. The minimum absolute atomic E-state index is 0.0477. The summed E-state index contributed by atoms with van der Waals surface area (Å²) in [7, 11) is -3.25. The second-order valence-electron chi connectivity index (χ2n) is 13.1. The van der Waals surface area contributed by atoms with Crippen LogP contribution in [-0.4, -0.2) is 29.4 Å². The summed E-state index contributed by atoms with van der Waals surface area (Å²) in [5.41, 5.74) is 6.31. The summed E-state index contributed by atoms with van der Waals surface area (Å²) >= 11 is 0. The molecule has 0 bridgehead atoms. The molecule has 1 unspecified atom stereocenters. The molecule has 2 aliphatic carbocycles. The molecular formula is C39H38N2O4S. The number of nitrogens with one attached hydrogen (secondary N) is 1. The Balaban J connectivity index is 1.08. The van der Waals surface area contributed by atoms with E-state index in [0.717, 1.165) is 72.3 Å². The fourth-order valence-corrected chi connectivity index (χ4v) is 9.05. The number of sulfone groups is 1. The molecule has 0 amide bonds. The largest absolute Gasteiger partial charge is 0.357 e. The number of pyridine rings is 1. The molecule has 2 saturated carbocycles. The standard InChI is InChI=1S/C39H38N2O4S/c42-46(43,32-18-19-32)31-16-14-28(15-17-31)33(34-20-21-36(41-34)35-13-7-8-24-40-35)25-27-22-23-39(26-27)44-37(29-9-3-1-4-10-29)38(45-39)30-11-5-2-6-12-30/h1-17,20-21,24,27,32-33,37-38,41H,18-19,22-23,25-26H2/t27-,33?,37-,38-/m1/s1. The van der Waals surface area contributed by atoms with Gasteiger partial charge in [-0.3, -0.25) is 4.98 Å². The third-order valence-electron chi connectivity index (χ3n) is 9.92. The summed E-state index contributed by atoms with van der Waals surface area (Å²) < 4.78 is 39.7. The number of hydrogen-bond acceptors (Lipinski definition) is 5. The predicted molar refractivity (Wildman–Crippen MR) is 178 cm³/mol. The molecule has 3 heterocycles. The summed E-state index contributed by atoms with van der Waals surface area (Å²) in [4.78, 5) is 8.61. The highest BCUT2D eigenvalue weighted by Gasteiger charge is 2.52. The summed E-state index contributed by atoms with van der Waals surface area (Å²) in [6.45, 7) is 0. The fraction of sp³-hybridized carbons (Fsp3) is 0.308. The number of nitrogens with zero attached hydrogens (tertiary/aromatic N) is 1. The zero-order valence-electron chi connectivity index (χ0n) is 25.7. The first-order valence-electron chi connectivity index (χ1n) is 16.4. The topological polar surface area (TPSA) is 81.3 Å². The molecule has 8 rings (SSSR count). The van der Waals surface area contributed by atoms with Crippen LogP contribution >= 0.6 is 0 Å². The molecule has 2 aromatic heterocycles. The summed E-state index contributed by atoms with van der Waals surface area (Å²) in [6, 6.07) is 38.6. The zero-order valence-corrected chi connectivity index (χ0v) is 26.5. The van der Waals surface area contributed by atoms with E-state index in [-0.39, 0.29) is 23.4 Å². The second-order valence-corrected chi connectivity index (χ2v) is 15.3. The zero-order chi connectivity index (χ0) is 31.1. The van der Waals surface area contributed by atoms with Gasteiger partial charge < -0.3 is 14.5 Å². The lowest BCUT2D eigenvalue weighted by molar-refractivity contribution is -0.172. The molecule has 4 atom stereocenters. The minimum Gasteiger partial charge on any atom is -0.357 e. The van der Waals surface area contributed by atoms with Gasteiger partial charge in [-0.2, -0.15) is 0 Å². The van der Waals surface area contributed by atoms with Crippen molar-refractivity contribution in [3.05, 3.63) is 144 Å². The van der Waals surface area contributed by atoms with E-state index in [2.05, 4.69) is 70.6 Å². The number of hydrogen-bond donors (Lipinski definition) is 1. The van der Waals surface area contributed by atoms with Gasteiger partial charge in [-0.25, -0.2) is 8.42 Å². The Bertz CT molecular complexity index is 1840. The van der Waals surface area contributed by atoms with Gasteiger partial charge in [0, 0.05) is 30.7 Å². The predicted octanol–water partition coefficient (Wildman–Crippen LogP) is 8.56. The molecule has 3 aliphatic rings. The van der Waals surface area contributed by atoms with Crippen LogP contribution in [0, 0.1) is 5.92 Å². The smallest absolute Gasteiger partial charge is 0.181 e. The minimum atomic E-state index is -3.25. The first-order chi connectivity index (χ1) is 22.5. The molecule has 1 spiro atoms. The highest BCUT2D eigenvalue weighted by Crippen LogP contribution is 2.55. The van der Waals surface area contributed by atoms with Crippen LogP contribution < -0.4 is 0 Å². The number of aromatic amines is 1. The van der Waals surface area contributed by atoms with E-state index >= 15 is 0 Å². The third-order valence-corrected chi connectivity index (χ3v) is 12.2. The molecule has 0 radical (unpaired) electrons. The van der Waals surface area contributed by atoms with Crippen LogP contribution in [0.4, 0.5) is 0 Å². The molecule has 1 N–H and O–H groups in total. The quantitative estimate of drug-likeness (QED) is 0.177. The summed E-state index contributed by atoms with van der Waals surface area (Å²) in [5, 5.41) is -0.223. The number of benzene rings is 3. The van der Waals surface area contributed by atoms with Crippen LogP contribution in [0.15, 0.2) is 126 Å². The Morgan fingerprint density at radius 1 is 0.761 bits per heavy atom. The van der Waals surface area contributed by atoms with Gasteiger partial charge in [-0.15, -0.1) is 0 Å². The monoisotopic (exact) mass is 630 g/mol. The van der Waals surface area contributed by atoms with Crippen molar-refractivity contribution >= 4 is 9.84 Å². The summed E-state index contributed by atoms with van der Waals surface area (Å²) in [6.07, 6.45) is 6.48. The lowest BCUT2D eigenvalue weighted by atomic mass is 9.85. The maximum atomic E-state index is 12.9. The van der Waals surface area contributed by atoms with Crippen molar-refractivity contribution in [2.24, 2.45) is 5.92 Å². The van der Waals surface area contributed by atoms with Gasteiger partial charge in [0.15, 0.2) is 15.6 Å². The molecule has 5 aromatic rings. The molecule has 3 fully saturated rings. The fourth-order valence-electron chi connectivity index (χ4n) is 7.39. The van der Waals surface area contributed by atoms with E-state index in [4.69, 9.17) is 9.47 Å².